The Morgan fingerprint density at radius 2 is 1.57 bits per heavy atom. The Morgan fingerprint density at radius 3 is 2.14 bits per heavy atom. The molecule has 0 aliphatic heterocycles. The third kappa shape index (κ3) is 3.59. The first kappa shape index (κ1) is 14.6. The van der Waals surface area contributed by atoms with E-state index in [1.807, 2.05) is 0 Å². The van der Waals surface area contributed by atoms with E-state index in [1.165, 1.54) is 33.7 Å². The Kier molecular flexibility index (Phi) is 4.55. The van der Waals surface area contributed by atoms with Crippen LogP contribution in [0.25, 0.3) is 0 Å². The van der Waals surface area contributed by atoms with E-state index in [1.54, 1.807) is 18.2 Å². The second kappa shape index (κ2) is 6.56. The topological polar surface area (TPSA) is 79.8 Å². The number of carbonyl (C=O) groups is 1. The van der Waals surface area contributed by atoms with Crippen LogP contribution in [-0.2, 0) is 4.74 Å². The summed E-state index contributed by atoms with van der Waals surface area (Å²) in [4.78, 5) is 19.3. The molecule has 0 aliphatic carbocycles. The predicted molar refractivity (Wildman–Crippen MR) is 73.0 cm³/mol. The summed E-state index contributed by atoms with van der Waals surface area (Å²) in [6, 6.07) is 5.04. The third-order valence-electron chi connectivity index (χ3n) is 2.55. The molecule has 0 aliphatic rings. The Morgan fingerprint density at radius 1 is 0.952 bits per heavy atom. The summed E-state index contributed by atoms with van der Waals surface area (Å²) in [6.45, 7) is 0. The molecule has 0 atom stereocenters. The van der Waals surface area contributed by atoms with Gasteiger partial charge >= 0.3 is 5.97 Å². The van der Waals surface area contributed by atoms with Gasteiger partial charge in [-0.3, -0.25) is 4.98 Å². The number of nitrogens with zero attached hydrogens (tertiary/aromatic N) is 2. The van der Waals surface area contributed by atoms with Crippen LogP contribution < -0.4 is 14.2 Å². The maximum atomic E-state index is 11.4. The number of methoxy groups -OCH3 is 3. The lowest BCUT2D eigenvalue weighted by molar-refractivity contribution is 0.0592. The fourth-order valence-corrected chi connectivity index (χ4v) is 1.56. The molecule has 2 rings (SSSR count). The third-order valence-corrected chi connectivity index (χ3v) is 2.55. The number of hydrogen-bond acceptors (Lipinski definition) is 7. The highest BCUT2D eigenvalue weighted by atomic mass is 16.5. The molecule has 110 valence electrons. The van der Waals surface area contributed by atoms with Crippen LogP contribution in [0.15, 0.2) is 30.6 Å². The van der Waals surface area contributed by atoms with E-state index < -0.39 is 5.97 Å². The van der Waals surface area contributed by atoms with Gasteiger partial charge in [0.25, 0.3) is 0 Å². The van der Waals surface area contributed by atoms with E-state index >= 15 is 0 Å². The van der Waals surface area contributed by atoms with Gasteiger partial charge < -0.3 is 18.9 Å². The van der Waals surface area contributed by atoms with Gasteiger partial charge in [0.15, 0.2) is 5.69 Å². The monoisotopic (exact) mass is 290 g/mol. The Hall–Kier alpha value is -2.83. The lowest BCUT2D eigenvalue weighted by Gasteiger charge is -2.09. The van der Waals surface area contributed by atoms with Gasteiger partial charge in [0, 0.05) is 18.2 Å². The summed E-state index contributed by atoms with van der Waals surface area (Å²) in [5.41, 5.74) is 0.0601. The molecule has 21 heavy (non-hydrogen) atoms. The minimum atomic E-state index is -0.587. The van der Waals surface area contributed by atoms with Crippen molar-refractivity contribution in [3.8, 4) is 23.1 Å². The molecule has 2 aromatic rings. The van der Waals surface area contributed by atoms with Crippen molar-refractivity contribution in [3.63, 3.8) is 0 Å². The van der Waals surface area contributed by atoms with E-state index in [0.717, 1.165) is 0 Å². The number of benzene rings is 1. The number of rotatable bonds is 5. The standard InChI is InChI=1S/C14H14N2O5/c1-18-9-4-10(19-2)6-11(5-9)21-13-8-15-7-12(16-13)14(17)20-3/h4-8H,1-3H3. The van der Waals surface area contributed by atoms with Crippen LogP contribution in [0.2, 0.25) is 0 Å². The van der Waals surface area contributed by atoms with Gasteiger partial charge in [0.2, 0.25) is 5.88 Å². The van der Waals surface area contributed by atoms with Crippen LogP contribution in [0.3, 0.4) is 0 Å². The zero-order chi connectivity index (χ0) is 15.2. The molecule has 0 saturated carbocycles. The second-order valence-corrected chi connectivity index (χ2v) is 3.88. The molecular weight excluding hydrogens is 276 g/mol. The zero-order valence-corrected chi connectivity index (χ0v) is 11.8. The van der Waals surface area contributed by atoms with Gasteiger partial charge in [-0.05, 0) is 0 Å². The van der Waals surface area contributed by atoms with Crippen LogP contribution in [0.4, 0.5) is 0 Å². The largest absolute Gasteiger partial charge is 0.496 e. The molecule has 0 bridgehead atoms. The zero-order valence-electron chi connectivity index (χ0n) is 11.8. The molecule has 1 heterocycles. The Bertz CT molecular complexity index is 623. The second-order valence-electron chi connectivity index (χ2n) is 3.88. The summed E-state index contributed by atoms with van der Waals surface area (Å²) >= 11 is 0. The molecule has 1 aromatic carbocycles. The molecule has 0 saturated heterocycles. The number of carbonyl (C=O) groups excluding carboxylic acids is 1. The smallest absolute Gasteiger partial charge is 0.358 e. The minimum absolute atomic E-state index is 0.0601. The van der Waals surface area contributed by atoms with Gasteiger partial charge in [-0.1, -0.05) is 0 Å². The highest BCUT2D eigenvalue weighted by Gasteiger charge is 2.10. The SMILES string of the molecule is COC(=O)c1cncc(Oc2cc(OC)cc(OC)c2)n1. The summed E-state index contributed by atoms with van der Waals surface area (Å²) in [5, 5.41) is 0. The van der Waals surface area contributed by atoms with Gasteiger partial charge in [0.1, 0.15) is 17.2 Å². The van der Waals surface area contributed by atoms with E-state index in [0.29, 0.717) is 17.2 Å². The van der Waals surface area contributed by atoms with Gasteiger partial charge in [-0.25, -0.2) is 9.78 Å². The predicted octanol–water partition coefficient (Wildman–Crippen LogP) is 2.07. The number of hydrogen-bond donors (Lipinski definition) is 0. The molecule has 0 unspecified atom stereocenters. The first-order valence-electron chi connectivity index (χ1n) is 5.97. The number of ether oxygens (including phenoxy) is 4. The molecule has 7 heteroatoms. The lowest BCUT2D eigenvalue weighted by atomic mass is 10.3. The van der Waals surface area contributed by atoms with Crippen molar-refractivity contribution in [1.29, 1.82) is 0 Å². The van der Waals surface area contributed by atoms with Gasteiger partial charge in [0.05, 0.1) is 33.7 Å². The van der Waals surface area contributed by atoms with Crippen LogP contribution >= 0.6 is 0 Å². The minimum Gasteiger partial charge on any atom is -0.496 e. The normalized spacial score (nSPS) is 9.86. The van der Waals surface area contributed by atoms with Crippen molar-refractivity contribution in [2.45, 2.75) is 0 Å². The van der Waals surface area contributed by atoms with Crippen molar-refractivity contribution < 1.29 is 23.7 Å². The van der Waals surface area contributed by atoms with Crippen LogP contribution in [0.1, 0.15) is 10.5 Å². The highest BCUT2D eigenvalue weighted by molar-refractivity contribution is 5.86. The highest BCUT2D eigenvalue weighted by Crippen LogP contribution is 2.29. The van der Waals surface area contributed by atoms with E-state index in [2.05, 4.69) is 14.7 Å². The molecular formula is C14H14N2O5. The first-order valence-corrected chi connectivity index (χ1v) is 5.97. The fourth-order valence-electron chi connectivity index (χ4n) is 1.56. The Labute approximate surface area is 121 Å². The summed E-state index contributed by atoms with van der Waals surface area (Å²) in [6.07, 6.45) is 2.68. The maximum absolute atomic E-state index is 11.4. The molecule has 0 fully saturated rings. The lowest BCUT2D eigenvalue weighted by Crippen LogP contribution is -2.05. The molecule has 0 amide bonds. The fraction of sp³-hybridized carbons (Fsp3) is 0.214. The number of esters is 1. The van der Waals surface area contributed by atoms with Crippen LogP contribution in [-0.4, -0.2) is 37.3 Å². The quantitative estimate of drug-likeness (QED) is 0.780. The molecule has 0 radical (unpaired) electrons. The van der Waals surface area contributed by atoms with Crippen molar-refractivity contribution in [2.75, 3.05) is 21.3 Å². The Balaban J connectivity index is 2.27. The maximum Gasteiger partial charge on any atom is 0.358 e. The van der Waals surface area contributed by atoms with Crippen molar-refractivity contribution >= 4 is 5.97 Å². The average Bonchev–Trinajstić information content (AvgIpc) is 2.53. The molecule has 7 nitrogen and oxygen atoms in total. The van der Waals surface area contributed by atoms with E-state index in [9.17, 15) is 4.79 Å². The molecule has 1 aromatic heterocycles. The average molecular weight is 290 g/mol. The van der Waals surface area contributed by atoms with Crippen molar-refractivity contribution in [3.05, 3.63) is 36.3 Å². The van der Waals surface area contributed by atoms with Crippen LogP contribution in [0, 0.1) is 0 Å². The first-order chi connectivity index (χ1) is 10.2. The summed E-state index contributed by atoms with van der Waals surface area (Å²) in [7, 11) is 4.34. The van der Waals surface area contributed by atoms with Crippen molar-refractivity contribution in [1.82, 2.24) is 9.97 Å². The summed E-state index contributed by atoms with van der Waals surface area (Å²) in [5.74, 6) is 1.16. The molecule has 0 N–H and O–H groups in total. The van der Waals surface area contributed by atoms with Crippen LogP contribution in [0.5, 0.6) is 23.1 Å². The molecule has 0 spiro atoms. The van der Waals surface area contributed by atoms with Gasteiger partial charge in [-0.2, -0.15) is 0 Å². The van der Waals surface area contributed by atoms with Gasteiger partial charge in [-0.15, -0.1) is 0 Å². The van der Waals surface area contributed by atoms with E-state index in [4.69, 9.17) is 14.2 Å². The van der Waals surface area contributed by atoms with Crippen molar-refractivity contribution in [2.24, 2.45) is 0 Å². The van der Waals surface area contributed by atoms with E-state index in [-0.39, 0.29) is 11.6 Å². The number of aromatic nitrogens is 2. The summed E-state index contributed by atoms with van der Waals surface area (Å²) < 4.78 is 20.4.